The Morgan fingerprint density at radius 2 is 1.71 bits per heavy atom. The van der Waals surface area contributed by atoms with Crippen molar-refractivity contribution in [2.45, 2.75) is 32.8 Å². The van der Waals surface area contributed by atoms with Crippen LogP contribution in [0, 0.1) is 0 Å². The molecule has 1 aromatic carbocycles. The Balaban J connectivity index is 2.73. The number of carbonyl (C=O) groups is 1. The SMILES string of the molecule is CCCN(CCC)C(=O)[C@H](O)c1ccccc1. The number of hydrogen-bond donors (Lipinski definition) is 1. The minimum atomic E-state index is -1.03. The van der Waals surface area contributed by atoms with Gasteiger partial charge in [0.1, 0.15) is 0 Å². The van der Waals surface area contributed by atoms with Gasteiger partial charge >= 0.3 is 0 Å². The van der Waals surface area contributed by atoms with Crippen LogP contribution in [0.1, 0.15) is 38.4 Å². The third kappa shape index (κ3) is 3.86. The van der Waals surface area contributed by atoms with E-state index in [4.69, 9.17) is 0 Å². The number of hydrogen-bond acceptors (Lipinski definition) is 2. The highest BCUT2D eigenvalue weighted by Gasteiger charge is 2.22. The molecule has 0 radical (unpaired) electrons. The number of benzene rings is 1. The van der Waals surface area contributed by atoms with Crippen LogP contribution in [0.2, 0.25) is 0 Å². The summed E-state index contributed by atoms with van der Waals surface area (Å²) in [6.45, 7) is 5.48. The highest BCUT2D eigenvalue weighted by atomic mass is 16.3. The van der Waals surface area contributed by atoms with E-state index in [9.17, 15) is 9.90 Å². The smallest absolute Gasteiger partial charge is 0.256 e. The van der Waals surface area contributed by atoms with Gasteiger partial charge in [-0.2, -0.15) is 0 Å². The molecule has 1 N–H and O–H groups in total. The molecule has 17 heavy (non-hydrogen) atoms. The molecule has 1 rings (SSSR count). The Kier molecular flexibility index (Phi) is 5.70. The molecule has 1 amide bonds. The van der Waals surface area contributed by atoms with Gasteiger partial charge in [0.05, 0.1) is 0 Å². The van der Waals surface area contributed by atoms with Gasteiger partial charge in [-0.1, -0.05) is 44.2 Å². The van der Waals surface area contributed by atoms with Crippen molar-refractivity contribution in [2.75, 3.05) is 13.1 Å². The molecule has 94 valence electrons. The maximum Gasteiger partial charge on any atom is 0.256 e. The predicted molar refractivity (Wildman–Crippen MR) is 68.6 cm³/mol. The lowest BCUT2D eigenvalue weighted by Gasteiger charge is -2.24. The molecule has 0 saturated heterocycles. The largest absolute Gasteiger partial charge is 0.378 e. The fourth-order valence-electron chi connectivity index (χ4n) is 1.82. The summed E-state index contributed by atoms with van der Waals surface area (Å²) >= 11 is 0. The summed E-state index contributed by atoms with van der Waals surface area (Å²) in [7, 11) is 0. The van der Waals surface area contributed by atoms with Gasteiger partial charge in [0.15, 0.2) is 6.10 Å². The number of nitrogens with zero attached hydrogens (tertiary/aromatic N) is 1. The summed E-state index contributed by atoms with van der Waals surface area (Å²) in [5.74, 6) is -0.195. The molecule has 0 unspecified atom stereocenters. The van der Waals surface area contributed by atoms with E-state index < -0.39 is 6.10 Å². The fraction of sp³-hybridized carbons (Fsp3) is 0.500. The third-order valence-electron chi connectivity index (χ3n) is 2.65. The van der Waals surface area contributed by atoms with Crippen molar-refractivity contribution in [1.82, 2.24) is 4.90 Å². The maximum atomic E-state index is 12.1. The Morgan fingerprint density at radius 3 is 2.18 bits per heavy atom. The molecule has 3 heteroatoms. The van der Waals surface area contributed by atoms with E-state index >= 15 is 0 Å². The molecule has 0 saturated carbocycles. The molecule has 0 aliphatic heterocycles. The summed E-state index contributed by atoms with van der Waals surface area (Å²) in [6.07, 6.45) is 0.787. The van der Waals surface area contributed by atoms with Crippen molar-refractivity contribution >= 4 is 5.91 Å². The van der Waals surface area contributed by atoms with Gasteiger partial charge < -0.3 is 10.0 Å². The zero-order valence-electron chi connectivity index (χ0n) is 10.6. The average molecular weight is 235 g/mol. The van der Waals surface area contributed by atoms with Crippen LogP contribution in [0.15, 0.2) is 30.3 Å². The first kappa shape index (κ1) is 13.7. The van der Waals surface area contributed by atoms with Crippen molar-refractivity contribution in [2.24, 2.45) is 0 Å². The molecule has 0 aromatic heterocycles. The summed E-state index contributed by atoms with van der Waals surface area (Å²) in [6, 6.07) is 9.08. The van der Waals surface area contributed by atoms with Gasteiger partial charge in [-0.15, -0.1) is 0 Å². The van der Waals surface area contributed by atoms with Gasteiger partial charge in [-0.25, -0.2) is 0 Å². The summed E-state index contributed by atoms with van der Waals surface area (Å²) in [5, 5.41) is 10.0. The standard InChI is InChI=1S/C14H21NO2/c1-3-10-15(11-4-2)14(17)13(16)12-8-6-5-7-9-12/h5-9,13,16H,3-4,10-11H2,1-2H3/t13-/m1/s1. The molecule has 0 aliphatic carbocycles. The quantitative estimate of drug-likeness (QED) is 0.822. The maximum absolute atomic E-state index is 12.1. The minimum Gasteiger partial charge on any atom is -0.378 e. The fourth-order valence-corrected chi connectivity index (χ4v) is 1.82. The van der Waals surface area contributed by atoms with Crippen LogP contribution in [-0.2, 0) is 4.79 Å². The van der Waals surface area contributed by atoms with Gasteiger partial charge in [0.25, 0.3) is 5.91 Å². The number of carbonyl (C=O) groups excluding carboxylic acids is 1. The molecule has 3 nitrogen and oxygen atoms in total. The summed E-state index contributed by atoms with van der Waals surface area (Å²) < 4.78 is 0. The van der Waals surface area contributed by atoms with E-state index in [-0.39, 0.29) is 5.91 Å². The lowest BCUT2D eigenvalue weighted by Crippen LogP contribution is -2.36. The molecule has 0 fully saturated rings. The number of aliphatic hydroxyl groups is 1. The van der Waals surface area contributed by atoms with Crippen LogP contribution in [0.3, 0.4) is 0 Å². The number of amides is 1. The van der Waals surface area contributed by atoms with E-state index in [1.807, 2.05) is 32.0 Å². The first-order chi connectivity index (χ1) is 8.20. The molecular formula is C14H21NO2. The normalized spacial score (nSPS) is 12.2. The zero-order valence-corrected chi connectivity index (χ0v) is 10.6. The second kappa shape index (κ2) is 7.07. The zero-order chi connectivity index (χ0) is 12.7. The summed E-state index contributed by atoms with van der Waals surface area (Å²) in [4.78, 5) is 13.8. The minimum absolute atomic E-state index is 0.195. The monoisotopic (exact) mass is 235 g/mol. The van der Waals surface area contributed by atoms with Crippen LogP contribution in [0.4, 0.5) is 0 Å². The first-order valence-corrected chi connectivity index (χ1v) is 6.22. The van der Waals surface area contributed by atoms with Gasteiger partial charge in [-0.05, 0) is 18.4 Å². The Bertz CT molecular complexity index is 331. The average Bonchev–Trinajstić information content (AvgIpc) is 2.38. The lowest BCUT2D eigenvalue weighted by molar-refractivity contribution is -0.140. The van der Waals surface area contributed by atoms with E-state index in [1.165, 1.54) is 0 Å². The first-order valence-electron chi connectivity index (χ1n) is 6.22. The highest BCUT2D eigenvalue weighted by molar-refractivity contribution is 5.82. The van der Waals surface area contributed by atoms with E-state index in [0.717, 1.165) is 12.8 Å². The molecular weight excluding hydrogens is 214 g/mol. The number of rotatable bonds is 6. The number of aliphatic hydroxyl groups excluding tert-OH is 1. The van der Waals surface area contributed by atoms with Crippen molar-refractivity contribution in [1.29, 1.82) is 0 Å². The van der Waals surface area contributed by atoms with Gasteiger partial charge in [0.2, 0.25) is 0 Å². The van der Waals surface area contributed by atoms with Crippen molar-refractivity contribution in [3.63, 3.8) is 0 Å². The van der Waals surface area contributed by atoms with Crippen molar-refractivity contribution in [3.05, 3.63) is 35.9 Å². The third-order valence-corrected chi connectivity index (χ3v) is 2.65. The second-order valence-corrected chi connectivity index (χ2v) is 4.14. The van der Waals surface area contributed by atoms with Crippen LogP contribution in [0.25, 0.3) is 0 Å². The van der Waals surface area contributed by atoms with Crippen LogP contribution >= 0.6 is 0 Å². The highest BCUT2D eigenvalue weighted by Crippen LogP contribution is 2.15. The molecule has 0 aliphatic rings. The van der Waals surface area contributed by atoms with E-state index in [0.29, 0.717) is 18.7 Å². The van der Waals surface area contributed by atoms with Gasteiger partial charge in [-0.3, -0.25) is 4.79 Å². The van der Waals surface area contributed by atoms with E-state index in [2.05, 4.69) is 0 Å². The molecule has 1 atom stereocenters. The Labute approximate surface area is 103 Å². The van der Waals surface area contributed by atoms with Crippen LogP contribution < -0.4 is 0 Å². The second-order valence-electron chi connectivity index (χ2n) is 4.14. The van der Waals surface area contributed by atoms with Crippen molar-refractivity contribution in [3.8, 4) is 0 Å². The summed E-state index contributed by atoms with van der Waals surface area (Å²) in [5.41, 5.74) is 0.662. The van der Waals surface area contributed by atoms with E-state index in [1.54, 1.807) is 17.0 Å². The molecule has 0 bridgehead atoms. The topological polar surface area (TPSA) is 40.5 Å². The predicted octanol–water partition coefficient (Wildman–Crippen LogP) is 2.37. The molecule has 0 spiro atoms. The van der Waals surface area contributed by atoms with Crippen molar-refractivity contribution < 1.29 is 9.90 Å². The Morgan fingerprint density at radius 1 is 1.18 bits per heavy atom. The lowest BCUT2D eigenvalue weighted by atomic mass is 10.1. The molecule has 0 heterocycles. The Hall–Kier alpha value is -1.35. The van der Waals surface area contributed by atoms with Crippen LogP contribution in [-0.4, -0.2) is 29.0 Å². The van der Waals surface area contributed by atoms with Gasteiger partial charge in [0, 0.05) is 13.1 Å². The molecule has 1 aromatic rings. The van der Waals surface area contributed by atoms with Crippen LogP contribution in [0.5, 0.6) is 0 Å².